The average molecular weight is 137 g/mol. The van der Waals surface area contributed by atoms with E-state index in [1.54, 1.807) is 11.8 Å². The van der Waals surface area contributed by atoms with Crippen LogP contribution >= 0.6 is 24.0 Å². The molecule has 0 aliphatic rings. The van der Waals surface area contributed by atoms with Crippen molar-refractivity contribution in [2.24, 2.45) is 5.73 Å². The number of thioether (sulfide) groups is 1. The van der Waals surface area contributed by atoms with E-state index in [1.807, 2.05) is 6.26 Å². The van der Waals surface area contributed by atoms with Crippen molar-refractivity contribution in [2.75, 3.05) is 12.2 Å². The van der Waals surface area contributed by atoms with Crippen LogP contribution in [0.5, 0.6) is 0 Å². The van der Waals surface area contributed by atoms with Gasteiger partial charge in [-0.05, 0) is 18.5 Å². The third-order valence-electron chi connectivity index (χ3n) is 0.319. The molecule has 0 heterocycles. The van der Waals surface area contributed by atoms with Crippen LogP contribution in [0.4, 0.5) is 0 Å². The molecule has 0 aromatic heterocycles. The minimum atomic E-state index is 0.120. The van der Waals surface area contributed by atoms with Gasteiger partial charge < -0.3 is 10.5 Å². The quantitative estimate of drug-likeness (QED) is 0.446. The highest BCUT2D eigenvalue weighted by Gasteiger charge is 1.81. The second-order valence-electron chi connectivity index (χ2n) is 0.870. The fourth-order valence-electron chi connectivity index (χ4n) is 0.117. The molecule has 2 N–H and O–H groups in total. The molecule has 7 heavy (non-hydrogen) atoms. The van der Waals surface area contributed by atoms with Crippen molar-refractivity contribution in [1.82, 2.24) is 0 Å². The SMILES string of the molecule is CSCOC(N)=S. The lowest BCUT2D eigenvalue weighted by Crippen LogP contribution is -2.11. The van der Waals surface area contributed by atoms with E-state index in [4.69, 9.17) is 5.73 Å². The van der Waals surface area contributed by atoms with Crippen LogP contribution in [0.25, 0.3) is 0 Å². The molecule has 42 valence electrons. The maximum Gasteiger partial charge on any atom is 0.254 e. The van der Waals surface area contributed by atoms with Gasteiger partial charge in [-0.1, -0.05) is 0 Å². The van der Waals surface area contributed by atoms with Crippen LogP contribution in [0.1, 0.15) is 0 Å². The van der Waals surface area contributed by atoms with E-state index in [-0.39, 0.29) is 5.17 Å². The molecule has 0 aromatic rings. The summed E-state index contributed by atoms with van der Waals surface area (Å²) in [6.07, 6.45) is 1.91. The fourth-order valence-corrected chi connectivity index (χ4v) is 0.495. The number of hydrogen-bond donors (Lipinski definition) is 1. The summed E-state index contributed by atoms with van der Waals surface area (Å²) in [6.45, 7) is 0. The van der Waals surface area contributed by atoms with Crippen LogP contribution in [0.15, 0.2) is 0 Å². The van der Waals surface area contributed by atoms with E-state index in [0.29, 0.717) is 5.94 Å². The van der Waals surface area contributed by atoms with Gasteiger partial charge in [0.1, 0.15) is 5.94 Å². The molecular weight excluding hydrogens is 130 g/mol. The van der Waals surface area contributed by atoms with Crippen molar-refractivity contribution < 1.29 is 4.74 Å². The zero-order chi connectivity index (χ0) is 5.70. The molecule has 0 saturated carbocycles. The Morgan fingerprint density at radius 3 is 2.71 bits per heavy atom. The topological polar surface area (TPSA) is 35.2 Å². The summed E-state index contributed by atoms with van der Waals surface area (Å²) in [5, 5.41) is 0.120. The molecular formula is C3H7NOS2. The summed E-state index contributed by atoms with van der Waals surface area (Å²) in [7, 11) is 0. The van der Waals surface area contributed by atoms with E-state index >= 15 is 0 Å². The Morgan fingerprint density at radius 2 is 2.57 bits per heavy atom. The molecule has 0 spiro atoms. The molecule has 0 amide bonds. The van der Waals surface area contributed by atoms with Gasteiger partial charge in [-0.2, -0.15) is 0 Å². The van der Waals surface area contributed by atoms with Crippen LogP contribution in [-0.4, -0.2) is 17.4 Å². The second-order valence-corrected chi connectivity index (χ2v) is 2.09. The Hall–Kier alpha value is 0.0400. The smallest absolute Gasteiger partial charge is 0.254 e. The molecule has 0 saturated heterocycles. The first-order valence-corrected chi connectivity index (χ1v) is 3.48. The second kappa shape index (κ2) is 4.21. The minimum Gasteiger partial charge on any atom is -0.460 e. The van der Waals surface area contributed by atoms with Crippen LogP contribution in [0.2, 0.25) is 0 Å². The van der Waals surface area contributed by atoms with E-state index in [2.05, 4.69) is 17.0 Å². The van der Waals surface area contributed by atoms with E-state index in [1.165, 1.54) is 0 Å². The Balaban J connectivity index is 2.82. The summed E-state index contributed by atoms with van der Waals surface area (Å²) in [4.78, 5) is 0. The van der Waals surface area contributed by atoms with Gasteiger partial charge in [-0.3, -0.25) is 0 Å². The van der Waals surface area contributed by atoms with Gasteiger partial charge >= 0.3 is 0 Å². The Labute approximate surface area is 52.4 Å². The molecule has 4 heteroatoms. The van der Waals surface area contributed by atoms with Crippen LogP contribution in [0.3, 0.4) is 0 Å². The highest BCUT2D eigenvalue weighted by molar-refractivity contribution is 7.98. The third-order valence-corrected chi connectivity index (χ3v) is 0.790. The largest absolute Gasteiger partial charge is 0.460 e. The Morgan fingerprint density at radius 1 is 2.00 bits per heavy atom. The fraction of sp³-hybridized carbons (Fsp3) is 0.667. The first kappa shape index (κ1) is 7.04. The lowest BCUT2D eigenvalue weighted by atomic mass is 11.3. The molecule has 0 fully saturated rings. The molecule has 0 aromatic carbocycles. The molecule has 0 aliphatic heterocycles. The molecule has 0 rings (SSSR count). The van der Waals surface area contributed by atoms with Crippen molar-refractivity contribution in [3.05, 3.63) is 0 Å². The van der Waals surface area contributed by atoms with Crippen LogP contribution < -0.4 is 5.73 Å². The molecule has 0 atom stereocenters. The molecule has 0 unspecified atom stereocenters. The normalized spacial score (nSPS) is 8.14. The molecule has 0 aliphatic carbocycles. The highest BCUT2D eigenvalue weighted by Crippen LogP contribution is 1.90. The van der Waals surface area contributed by atoms with Gasteiger partial charge in [0, 0.05) is 0 Å². The van der Waals surface area contributed by atoms with Crippen LogP contribution in [-0.2, 0) is 4.74 Å². The number of thiocarbonyl (C=S) groups is 1. The lowest BCUT2D eigenvalue weighted by molar-refractivity contribution is 0.386. The van der Waals surface area contributed by atoms with Gasteiger partial charge in [0.15, 0.2) is 0 Å². The van der Waals surface area contributed by atoms with Crippen LogP contribution in [0, 0.1) is 0 Å². The zero-order valence-electron chi connectivity index (χ0n) is 4.01. The van der Waals surface area contributed by atoms with E-state index in [9.17, 15) is 0 Å². The first-order chi connectivity index (χ1) is 3.27. The predicted molar refractivity (Wildman–Crippen MR) is 36.3 cm³/mol. The van der Waals surface area contributed by atoms with E-state index < -0.39 is 0 Å². The Bertz CT molecular complexity index is 66.0. The van der Waals surface area contributed by atoms with Crippen molar-refractivity contribution in [3.63, 3.8) is 0 Å². The number of rotatable bonds is 2. The highest BCUT2D eigenvalue weighted by atomic mass is 32.2. The lowest BCUT2D eigenvalue weighted by Gasteiger charge is -1.96. The average Bonchev–Trinajstić information content (AvgIpc) is 1.61. The maximum atomic E-state index is 4.97. The Kier molecular flexibility index (Phi) is 4.23. The monoisotopic (exact) mass is 137 g/mol. The predicted octanol–water partition coefficient (Wildman–Crippen LogP) is 0.567. The first-order valence-electron chi connectivity index (χ1n) is 1.68. The van der Waals surface area contributed by atoms with Gasteiger partial charge in [-0.15, -0.1) is 11.8 Å². The van der Waals surface area contributed by atoms with Gasteiger partial charge in [-0.25, -0.2) is 0 Å². The van der Waals surface area contributed by atoms with E-state index in [0.717, 1.165) is 0 Å². The standard InChI is InChI=1S/C3H7NOS2/c1-7-2-5-3(4)6/h2H2,1H3,(H2,4,6). The summed E-state index contributed by atoms with van der Waals surface area (Å²) < 4.78 is 4.66. The number of nitrogens with two attached hydrogens (primary N) is 1. The van der Waals surface area contributed by atoms with Gasteiger partial charge in [0.05, 0.1) is 0 Å². The number of hydrogen-bond acceptors (Lipinski definition) is 3. The van der Waals surface area contributed by atoms with Gasteiger partial charge in [0.2, 0.25) is 0 Å². The molecule has 0 bridgehead atoms. The van der Waals surface area contributed by atoms with Crippen molar-refractivity contribution in [2.45, 2.75) is 0 Å². The molecule has 0 radical (unpaired) electrons. The molecule has 2 nitrogen and oxygen atoms in total. The summed E-state index contributed by atoms with van der Waals surface area (Å²) in [5.74, 6) is 0.551. The summed E-state index contributed by atoms with van der Waals surface area (Å²) in [5.41, 5.74) is 4.97. The summed E-state index contributed by atoms with van der Waals surface area (Å²) in [6, 6.07) is 0. The summed E-state index contributed by atoms with van der Waals surface area (Å²) >= 11 is 5.94. The zero-order valence-corrected chi connectivity index (χ0v) is 5.64. The van der Waals surface area contributed by atoms with Crippen molar-refractivity contribution >= 4 is 29.2 Å². The minimum absolute atomic E-state index is 0.120. The maximum absolute atomic E-state index is 4.97. The van der Waals surface area contributed by atoms with Crippen molar-refractivity contribution in [3.8, 4) is 0 Å². The van der Waals surface area contributed by atoms with Crippen molar-refractivity contribution in [1.29, 1.82) is 0 Å². The third kappa shape index (κ3) is 6.04. The van der Waals surface area contributed by atoms with Gasteiger partial charge in [0.25, 0.3) is 5.17 Å². The number of ether oxygens (including phenoxy) is 1.